The van der Waals surface area contributed by atoms with Crippen LogP contribution in [0.25, 0.3) is 0 Å². The van der Waals surface area contributed by atoms with Crippen molar-refractivity contribution in [3.63, 3.8) is 0 Å². The van der Waals surface area contributed by atoms with Crippen LogP contribution in [0.2, 0.25) is 0 Å². The summed E-state index contributed by atoms with van der Waals surface area (Å²) in [5.41, 5.74) is 0.631. The van der Waals surface area contributed by atoms with Crippen molar-refractivity contribution >= 4 is 0 Å². The van der Waals surface area contributed by atoms with Gasteiger partial charge >= 0.3 is 0 Å². The third kappa shape index (κ3) is 1.57. The Balaban J connectivity index is 2.29. The lowest BCUT2D eigenvalue weighted by atomic mass is 10.0. The first kappa shape index (κ1) is 8.66. The van der Waals surface area contributed by atoms with Gasteiger partial charge in [0.05, 0.1) is 6.61 Å². The number of aliphatic hydroxyl groups is 1. The predicted octanol–water partition coefficient (Wildman–Crippen LogP) is 1.78. The summed E-state index contributed by atoms with van der Waals surface area (Å²) in [6.45, 7) is 0.563. The van der Waals surface area contributed by atoms with Crippen LogP contribution in [0.15, 0.2) is 24.3 Å². The number of hydrogen-bond donors (Lipinski definition) is 1. The van der Waals surface area contributed by atoms with Gasteiger partial charge in [-0.05, 0) is 18.6 Å². The van der Waals surface area contributed by atoms with Crippen molar-refractivity contribution in [1.82, 2.24) is 0 Å². The van der Waals surface area contributed by atoms with Crippen LogP contribution in [0.1, 0.15) is 18.4 Å². The highest BCUT2D eigenvalue weighted by Crippen LogP contribution is 2.32. The van der Waals surface area contributed by atoms with Crippen molar-refractivity contribution in [3.05, 3.63) is 35.6 Å². The van der Waals surface area contributed by atoms with Gasteiger partial charge in [0.15, 0.2) is 5.79 Å². The molecule has 2 nitrogen and oxygen atoms in total. The molecule has 1 fully saturated rings. The summed E-state index contributed by atoms with van der Waals surface area (Å²) in [5, 5.41) is 9.91. The molecule has 0 spiro atoms. The van der Waals surface area contributed by atoms with E-state index in [0.29, 0.717) is 18.6 Å². The van der Waals surface area contributed by atoms with Crippen molar-refractivity contribution in [1.29, 1.82) is 0 Å². The van der Waals surface area contributed by atoms with Crippen LogP contribution in [-0.2, 0) is 10.5 Å². The Hall–Kier alpha value is -0.930. The molecule has 0 saturated carbocycles. The van der Waals surface area contributed by atoms with E-state index in [2.05, 4.69) is 0 Å². The summed E-state index contributed by atoms with van der Waals surface area (Å²) in [6, 6.07) is 5.77. The average molecular weight is 182 g/mol. The van der Waals surface area contributed by atoms with Crippen molar-refractivity contribution < 1.29 is 14.2 Å². The summed E-state index contributed by atoms with van der Waals surface area (Å²) in [4.78, 5) is 0. The lowest BCUT2D eigenvalue weighted by molar-refractivity contribution is -0.179. The second kappa shape index (κ2) is 3.09. The lowest BCUT2D eigenvalue weighted by Crippen LogP contribution is -2.23. The molecule has 0 radical (unpaired) electrons. The maximum atomic E-state index is 12.6. The summed E-state index contributed by atoms with van der Waals surface area (Å²) in [7, 11) is 0. The molecule has 1 aromatic rings. The van der Waals surface area contributed by atoms with E-state index in [-0.39, 0.29) is 5.82 Å². The molecule has 2 rings (SSSR count). The second-order valence-electron chi connectivity index (χ2n) is 3.24. The molecule has 1 N–H and O–H groups in total. The zero-order valence-corrected chi connectivity index (χ0v) is 7.16. The normalized spacial score (nSPS) is 27.8. The van der Waals surface area contributed by atoms with Gasteiger partial charge in [0.1, 0.15) is 5.82 Å². The quantitative estimate of drug-likeness (QED) is 0.717. The summed E-state index contributed by atoms with van der Waals surface area (Å²) < 4.78 is 17.8. The minimum atomic E-state index is -1.19. The van der Waals surface area contributed by atoms with E-state index in [1.54, 1.807) is 12.1 Å². The Labute approximate surface area is 76.0 Å². The largest absolute Gasteiger partial charge is 0.362 e. The lowest BCUT2D eigenvalue weighted by Gasteiger charge is -2.21. The van der Waals surface area contributed by atoms with Gasteiger partial charge in [-0.25, -0.2) is 4.39 Å². The third-order valence-electron chi connectivity index (χ3n) is 2.30. The van der Waals surface area contributed by atoms with Gasteiger partial charge in [0.2, 0.25) is 0 Å². The van der Waals surface area contributed by atoms with Crippen LogP contribution in [0, 0.1) is 5.82 Å². The number of benzene rings is 1. The number of ether oxygens (including phenoxy) is 1. The molecule has 1 aromatic carbocycles. The SMILES string of the molecule is O[C@@]1(c2ccc(F)cc2)CCCO1. The van der Waals surface area contributed by atoms with E-state index in [4.69, 9.17) is 4.74 Å². The van der Waals surface area contributed by atoms with Gasteiger partial charge in [0, 0.05) is 12.0 Å². The highest BCUT2D eigenvalue weighted by atomic mass is 19.1. The Kier molecular flexibility index (Phi) is 2.06. The number of halogens is 1. The molecular weight excluding hydrogens is 171 g/mol. The van der Waals surface area contributed by atoms with Crippen LogP contribution in [0.5, 0.6) is 0 Å². The van der Waals surface area contributed by atoms with Crippen LogP contribution >= 0.6 is 0 Å². The van der Waals surface area contributed by atoms with Crippen LogP contribution in [0.4, 0.5) is 4.39 Å². The fourth-order valence-corrected chi connectivity index (χ4v) is 1.56. The third-order valence-corrected chi connectivity index (χ3v) is 2.30. The molecule has 13 heavy (non-hydrogen) atoms. The molecule has 0 amide bonds. The summed E-state index contributed by atoms with van der Waals surface area (Å²) in [5.74, 6) is -1.49. The van der Waals surface area contributed by atoms with E-state index in [1.807, 2.05) is 0 Å². The Bertz CT molecular complexity index is 288. The molecule has 70 valence electrons. The predicted molar refractivity (Wildman–Crippen MR) is 45.5 cm³/mol. The van der Waals surface area contributed by atoms with Gasteiger partial charge in [0.25, 0.3) is 0 Å². The van der Waals surface area contributed by atoms with E-state index < -0.39 is 5.79 Å². The first-order valence-electron chi connectivity index (χ1n) is 4.33. The maximum absolute atomic E-state index is 12.6. The first-order valence-corrected chi connectivity index (χ1v) is 4.33. The molecule has 0 unspecified atom stereocenters. The first-order chi connectivity index (χ1) is 6.21. The molecular formula is C10H11FO2. The molecule has 1 heterocycles. The van der Waals surface area contributed by atoms with E-state index in [9.17, 15) is 9.50 Å². The van der Waals surface area contributed by atoms with E-state index in [0.717, 1.165) is 6.42 Å². The molecule has 1 saturated heterocycles. The minimum absolute atomic E-state index is 0.301. The molecule has 3 heteroatoms. The van der Waals surface area contributed by atoms with Gasteiger partial charge in [-0.2, -0.15) is 0 Å². The van der Waals surface area contributed by atoms with Gasteiger partial charge in [-0.15, -0.1) is 0 Å². The Morgan fingerprint density at radius 1 is 1.31 bits per heavy atom. The fraction of sp³-hybridized carbons (Fsp3) is 0.400. The Morgan fingerprint density at radius 2 is 2.00 bits per heavy atom. The minimum Gasteiger partial charge on any atom is -0.362 e. The smallest absolute Gasteiger partial charge is 0.192 e. The van der Waals surface area contributed by atoms with Crippen molar-refractivity contribution in [2.24, 2.45) is 0 Å². The summed E-state index contributed by atoms with van der Waals surface area (Å²) in [6.07, 6.45) is 1.42. The average Bonchev–Trinajstić information content (AvgIpc) is 2.54. The van der Waals surface area contributed by atoms with Gasteiger partial charge in [-0.3, -0.25) is 0 Å². The van der Waals surface area contributed by atoms with Gasteiger partial charge < -0.3 is 9.84 Å². The van der Waals surface area contributed by atoms with Crippen molar-refractivity contribution in [2.75, 3.05) is 6.61 Å². The Morgan fingerprint density at radius 3 is 2.54 bits per heavy atom. The van der Waals surface area contributed by atoms with Crippen molar-refractivity contribution in [2.45, 2.75) is 18.6 Å². The summed E-state index contributed by atoms with van der Waals surface area (Å²) >= 11 is 0. The second-order valence-corrected chi connectivity index (χ2v) is 3.24. The molecule has 1 aliphatic heterocycles. The van der Waals surface area contributed by atoms with Crippen molar-refractivity contribution in [3.8, 4) is 0 Å². The number of hydrogen-bond acceptors (Lipinski definition) is 2. The fourth-order valence-electron chi connectivity index (χ4n) is 1.56. The highest BCUT2D eigenvalue weighted by molar-refractivity contribution is 5.21. The van der Waals surface area contributed by atoms with Crippen LogP contribution in [-0.4, -0.2) is 11.7 Å². The zero-order valence-electron chi connectivity index (χ0n) is 7.16. The molecule has 0 bridgehead atoms. The van der Waals surface area contributed by atoms with E-state index >= 15 is 0 Å². The maximum Gasteiger partial charge on any atom is 0.192 e. The molecule has 0 aromatic heterocycles. The van der Waals surface area contributed by atoms with Crippen LogP contribution in [0.3, 0.4) is 0 Å². The topological polar surface area (TPSA) is 29.5 Å². The zero-order chi connectivity index (χ0) is 9.31. The van der Waals surface area contributed by atoms with Crippen LogP contribution < -0.4 is 0 Å². The van der Waals surface area contributed by atoms with E-state index in [1.165, 1.54) is 12.1 Å². The van der Waals surface area contributed by atoms with Gasteiger partial charge in [-0.1, -0.05) is 12.1 Å². The molecule has 1 atom stereocenters. The molecule has 1 aliphatic rings. The number of rotatable bonds is 1. The molecule has 0 aliphatic carbocycles. The highest BCUT2D eigenvalue weighted by Gasteiger charge is 2.34. The monoisotopic (exact) mass is 182 g/mol. The standard InChI is InChI=1S/C10H11FO2/c11-9-4-2-8(3-5-9)10(12)6-1-7-13-10/h2-5,12H,1,6-7H2/t10-/m0/s1.